The molecule has 0 radical (unpaired) electrons. The number of carbonyl (C=O) groups is 1. The van der Waals surface area contributed by atoms with Crippen molar-refractivity contribution < 1.29 is 4.79 Å². The second-order valence-electron chi connectivity index (χ2n) is 7.36. The van der Waals surface area contributed by atoms with E-state index in [-0.39, 0.29) is 5.91 Å². The van der Waals surface area contributed by atoms with E-state index in [1.165, 1.54) is 19.3 Å². The maximum Gasteiger partial charge on any atom is 0.256 e. The lowest BCUT2D eigenvalue weighted by molar-refractivity contribution is 0.0938. The average molecular weight is 377 g/mol. The van der Waals surface area contributed by atoms with Crippen LogP contribution in [0, 0.1) is 0 Å². The third-order valence-corrected chi connectivity index (χ3v) is 5.46. The van der Waals surface area contributed by atoms with Gasteiger partial charge in [-0.25, -0.2) is 4.68 Å². The molecular formula is C22H27N5O. The van der Waals surface area contributed by atoms with E-state index in [4.69, 9.17) is 0 Å². The molecule has 4 rings (SSSR count). The molecule has 1 saturated heterocycles. The molecule has 0 saturated carbocycles. The molecule has 0 unspecified atom stereocenters. The van der Waals surface area contributed by atoms with E-state index in [0.717, 1.165) is 24.6 Å². The van der Waals surface area contributed by atoms with E-state index in [9.17, 15) is 4.79 Å². The number of para-hydroxylation sites is 1. The van der Waals surface area contributed by atoms with E-state index in [1.54, 1.807) is 6.20 Å². The van der Waals surface area contributed by atoms with Gasteiger partial charge in [0.2, 0.25) is 0 Å². The van der Waals surface area contributed by atoms with Crippen LogP contribution in [-0.2, 0) is 0 Å². The molecule has 1 fully saturated rings. The van der Waals surface area contributed by atoms with E-state index in [1.807, 2.05) is 64.1 Å². The molecule has 1 N–H and O–H groups in total. The number of rotatable bonds is 6. The lowest BCUT2D eigenvalue weighted by Crippen LogP contribution is -2.42. The number of nitrogens with one attached hydrogen (secondary N) is 1. The molecule has 2 aromatic heterocycles. The van der Waals surface area contributed by atoms with Gasteiger partial charge in [0, 0.05) is 31.5 Å². The van der Waals surface area contributed by atoms with Crippen molar-refractivity contribution in [2.45, 2.75) is 32.2 Å². The lowest BCUT2D eigenvalue weighted by Gasteiger charge is -2.33. The molecule has 1 amide bonds. The Balaban J connectivity index is 1.52. The minimum atomic E-state index is -0.0875. The number of hydrogen-bond donors (Lipinski definition) is 1. The lowest BCUT2D eigenvalue weighted by atomic mass is 10.0. The Kier molecular flexibility index (Phi) is 5.58. The molecule has 6 nitrogen and oxygen atoms in total. The van der Waals surface area contributed by atoms with Gasteiger partial charge >= 0.3 is 0 Å². The van der Waals surface area contributed by atoms with E-state index >= 15 is 0 Å². The maximum absolute atomic E-state index is 12.9. The van der Waals surface area contributed by atoms with Crippen molar-refractivity contribution in [3.63, 3.8) is 0 Å². The van der Waals surface area contributed by atoms with Gasteiger partial charge in [0.1, 0.15) is 5.56 Å². The summed E-state index contributed by atoms with van der Waals surface area (Å²) in [5, 5.41) is 7.58. The molecule has 28 heavy (non-hydrogen) atoms. The fraction of sp³-hybridized carbons (Fsp3) is 0.364. The average Bonchev–Trinajstić information content (AvgIpc) is 3.39. The van der Waals surface area contributed by atoms with Crippen molar-refractivity contribution in [2.24, 2.45) is 0 Å². The minimum Gasteiger partial charge on any atom is -0.351 e. The first-order valence-corrected chi connectivity index (χ1v) is 10.0. The normalized spacial score (nSPS) is 17.5. The Labute approximate surface area is 165 Å². The summed E-state index contributed by atoms with van der Waals surface area (Å²) in [5.41, 5.74) is 1.50. The Morgan fingerprint density at radius 3 is 2.68 bits per heavy atom. The Morgan fingerprint density at radius 1 is 1.14 bits per heavy atom. The summed E-state index contributed by atoms with van der Waals surface area (Å²) in [5.74, 6) is 0.663. The summed E-state index contributed by atoms with van der Waals surface area (Å²) < 4.78 is 3.74. The highest BCUT2D eigenvalue weighted by molar-refractivity contribution is 5.97. The van der Waals surface area contributed by atoms with Crippen LogP contribution in [0.3, 0.4) is 0 Å². The van der Waals surface area contributed by atoms with Crippen LogP contribution < -0.4 is 5.32 Å². The van der Waals surface area contributed by atoms with Gasteiger partial charge in [-0.1, -0.05) is 24.6 Å². The van der Waals surface area contributed by atoms with Gasteiger partial charge in [0.05, 0.1) is 11.9 Å². The molecule has 1 atom stereocenters. The Morgan fingerprint density at radius 2 is 1.93 bits per heavy atom. The first-order valence-electron chi connectivity index (χ1n) is 10.0. The quantitative estimate of drug-likeness (QED) is 0.717. The molecule has 1 aliphatic heterocycles. The second-order valence-corrected chi connectivity index (χ2v) is 7.36. The van der Waals surface area contributed by atoms with Crippen LogP contribution in [0.1, 0.15) is 36.5 Å². The standard InChI is InChI=1S/C22H27N5O/c1-18-9-5-6-13-25(18)16-12-23-21(28)20-17-24-27(19-10-3-2-4-11-19)22(20)26-14-7-8-15-26/h2-4,7-8,10-11,14-15,17-18H,5-6,9,12-13,16H2,1H3,(H,23,28)/t18-/m0/s1. The molecule has 3 aromatic rings. The van der Waals surface area contributed by atoms with Crippen LogP contribution >= 0.6 is 0 Å². The number of benzene rings is 1. The van der Waals surface area contributed by atoms with Crippen molar-refractivity contribution in [3.05, 3.63) is 66.6 Å². The third kappa shape index (κ3) is 3.87. The predicted molar refractivity (Wildman–Crippen MR) is 110 cm³/mol. The van der Waals surface area contributed by atoms with Crippen molar-refractivity contribution in [1.29, 1.82) is 0 Å². The fourth-order valence-electron chi connectivity index (χ4n) is 3.88. The van der Waals surface area contributed by atoms with E-state index in [2.05, 4.69) is 22.2 Å². The highest BCUT2D eigenvalue weighted by Crippen LogP contribution is 2.20. The number of carbonyl (C=O) groups excluding carboxylic acids is 1. The van der Waals surface area contributed by atoms with Crippen molar-refractivity contribution >= 4 is 5.91 Å². The number of likely N-dealkylation sites (tertiary alicyclic amines) is 1. The zero-order valence-electron chi connectivity index (χ0n) is 16.3. The molecule has 3 heterocycles. The Bertz CT molecular complexity index is 900. The molecule has 1 aliphatic rings. The first-order chi connectivity index (χ1) is 13.7. The smallest absolute Gasteiger partial charge is 0.256 e. The van der Waals surface area contributed by atoms with Gasteiger partial charge in [-0.2, -0.15) is 5.10 Å². The molecule has 6 heteroatoms. The summed E-state index contributed by atoms with van der Waals surface area (Å²) in [6, 6.07) is 14.4. The second kappa shape index (κ2) is 8.44. The molecule has 146 valence electrons. The fourth-order valence-corrected chi connectivity index (χ4v) is 3.88. The van der Waals surface area contributed by atoms with Crippen LogP contribution in [0.4, 0.5) is 0 Å². The van der Waals surface area contributed by atoms with Crippen LogP contribution in [-0.4, -0.2) is 50.8 Å². The zero-order chi connectivity index (χ0) is 19.3. The molecule has 0 spiro atoms. The number of aromatic nitrogens is 3. The monoisotopic (exact) mass is 377 g/mol. The summed E-state index contributed by atoms with van der Waals surface area (Å²) in [6.45, 7) is 4.93. The molecule has 0 aliphatic carbocycles. The largest absolute Gasteiger partial charge is 0.351 e. The molecule has 0 bridgehead atoms. The third-order valence-electron chi connectivity index (χ3n) is 5.46. The van der Waals surface area contributed by atoms with E-state index in [0.29, 0.717) is 18.2 Å². The zero-order valence-corrected chi connectivity index (χ0v) is 16.3. The SMILES string of the molecule is C[C@H]1CCCCN1CCNC(=O)c1cnn(-c2ccccc2)c1-n1cccc1. The van der Waals surface area contributed by atoms with Crippen LogP contribution in [0.2, 0.25) is 0 Å². The van der Waals surface area contributed by atoms with Gasteiger partial charge in [-0.15, -0.1) is 0 Å². The number of nitrogens with zero attached hydrogens (tertiary/aromatic N) is 4. The molecule has 1 aromatic carbocycles. The van der Waals surface area contributed by atoms with Crippen LogP contribution in [0.5, 0.6) is 0 Å². The van der Waals surface area contributed by atoms with Crippen molar-refractivity contribution in [2.75, 3.05) is 19.6 Å². The summed E-state index contributed by atoms with van der Waals surface area (Å²) in [4.78, 5) is 15.4. The molecular weight excluding hydrogens is 350 g/mol. The minimum absolute atomic E-state index is 0.0875. The summed E-state index contributed by atoms with van der Waals surface area (Å²) >= 11 is 0. The van der Waals surface area contributed by atoms with Gasteiger partial charge in [0.15, 0.2) is 5.82 Å². The summed E-state index contributed by atoms with van der Waals surface area (Å²) in [7, 11) is 0. The highest BCUT2D eigenvalue weighted by Gasteiger charge is 2.21. The predicted octanol–water partition coefficient (Wildman–Crippen LogP) is 3.27. The van der Waals surface area contributed by atoms with Crippen molar-refractivity contribution in [3.8, 4) is 11.5 Å². The number of amides is 1. The first kappa shape index (κ1) is 18.5. The number of hydrogen-bond acceptors (Lipinski definition) is 3. The topological polar surface area (TPSA) is 55.1 Å². The van der Waals surface area contributed by atoms with Crippen molar-refractivity contribution in [1.82, 2.24) is 24.6 Å². The van der Waals surface area contributed by atoms with Gasteiger partial charge in [0.25, 0.3) is 5.91 Å². The summed E-state index contributed by atoms with van der Waals surface area (Å²) in [6.07, 6.45) is 9.32. The van der Waals surface area contributed by atoms with Gasteiger partial charge < -0.3 is 9.88 Å². The van der Waals surface area contributed by atoms with Gasteiger partial charge in [-0.05, 0) is 50.6 Å². The number of piperidine rings is 1. The van der Waals surface area contributed by atoms with Crippen LogP contribution in [0.25, 0.3) is 11.5 Å². The van der Waals surface area contributed by atoms with E-state index < -0.39 is 0 Å². The maximum atomic E-state index is 12.9. The van der Waals surface area contributed by atoms with Gasteiger partial charge in [-0.3, -0.25) is 9.69 Å². The van der Waals surface area contributed by atoms with Crippen LogP contribution in [0.15, 0.2) is 61.1 Å². The highest BCUT2D eigenvalue weighted by atomic mass is 16.1. The Hall–Kier alpha value is -2.86.